The van der Waals surface area contributed by atoms with Gasteiger partial charge in [0.25, 0.3) is 0 Å². The Balaban J connectivity index is 1.63. The minimum absolute atomic E-state index is 0.0808. The second-order valence-electron chi connectivity index (χ2n) is 6.52. The van der Waals surface area contributed by atoms with E-state index in [0.717, 1.165) is 27.2 Å². The van der Waals surface area contributed by atoms with Crippen LogP contribution in [0.25, 0.3) is 11.0 Å². The Hall–Kier alpha value is -3.12. The number of aromatic nitrogens is 3. The third-order valence-electron chi connectivity index (χ3n) is 4.47. The van der Waals surface area contributed by atoms with Gasteiger partial charge in [0.15, 0.2) is 5.65 Å². The molecule has 0 saturated heterocycles. The number of anilines is 1. The Bertz CT molecular complexity index is 1110. The molecule has 28 heavy (non-hydrogen) atoms. The number of carbonyl (C=O) groups is 1. The number of thioether (sulfide) groups is 1. The lowest BCUT2D eigenvalue weighted by atomic mass is 10.1. The van der Waals surface area contributed by atoms with Gasteiger partial charge in [0.05, 0.1) is 17.6 Å². The molecule has 1 atom stereocenters. The molecule has 0 radical (unpaired) electrons. The first kappa shape index (κ1) is 18.3. The summed E-state index contributed by atoms with van der Waals surface area (Å²) < 4.78 is 1.74. The summed E-state index contributed by atoms with van der Waals surface area (Å²) in [4.78, 5) is 18.7. The largest absolute Gasteiger partial charge is 0.323 e. The number of nitrogens with zero attached hydrogens (tertiary/aromatic N) is 3. The van der Waals surface area contributed by atoms with Crippen molar-refractivity contribution in [1.82, 2.24) is 14.8 Å². The lowest BCUT2D eigenvalue weighted by Crippen LogP contribution is -2.19. The van der Waals surface area contributed by atoms with Gasteiger partial charge >= 0.3 is 0 Å². The molecule has 1 amide bonds. The number of amides is 1. The third-order valence-corrected chi connectivity index (χ3v) is 5.73. The molecule has 6 heteroatoms. The van der Waals surface area contributed by atoms with Crippen molar-refractivity contribution in [2.45, 2.75) is 17.1 Å². The molecule has 4 aromatic rings. The molecule has 1 N–H and O–H groups in total. The fraction of sp³-hybridized carbons (Fsp3) is 0.136. The maximum Gasteiger partial charge on any atom is 0.242 e. The van der Waals surface area contributed by atoms with Crippen molar-refractivity contribution < 1.29 is 4.79 Å². The Morgan fingerprint density at radius 3 is 2.46 bits per heavy atom. The van der Waals surface area contributed by atoms with E-state index in [1.54, 1.807) is 10.9 Å². The second-order valence-corrected chi connectivity index (χ2v) is 7.69. The summed E-state index contributed by atoms with van der Waals surface area (Å²) in [7, 11) is 1.86. The van der Waals surface area contributed by atoms with Crippen molar-refractivity contribution in [2.24, 2.45) is 7.05 Å². The van der Waals surface area contributed by atoms with Gasteiger partial charge < -0.3 is 5.32 Å². The number of benzene rings is 2. The fourth-order valence-corrected chi connectivity index (χ4v) is 4.17. The lowest BCUT2D eigenvalue weighted by Gasteiger charge is -2.17. The highest BCUT2D eigenvalue weighted by molar-refractivity contribution is 8.00. The normalized spacial score (nSPS) is 12.1. The summed E-state index contributed by atoms with van der Waals surface area (Å²) in [6.07, 6.45) is 1.68. The molecule has 2 aromatic carbocycles. The van der Waals surface area contributed by atoms with Gasteiger partial charge in [-0.2, -0.15) is 5.10 Å². The Morgan fingerprint density at radius 2 is 1.75 bits per heavy atom. The first-order chi connectivity index (χ1) is 13.6. The summed E-state index contributed by atoms with van der Waals surface area (Å²) in [5, 5.41) is 7.99. The van der Waals surface area contributed by atoms with Crippen molar-refractivity contribution >= 4 is 34.4 Å². The number of rotatable bonds is 5. The van der Waals surface area contributed by atoms with Crippen LogP contribution in [0.1, 0.15) is 16.5 Å². The molecular weight excluding hydrogens is 368 g/mol. The first-order valence-corrected chi connectivity index (χ1v) is 9.86. The molecule has 0 unspecified atom stereocenters. The summed E-state index contributed by atoms with van der Waals surface area (Å²) in [6, 6.07) is 21.7. The Labute approximate surface area is 167 Å². The van der Waals surface area contributed by atoms with Crippen molar-refractivity contribution in [1.29, 1.82) is 0 Å². The van der Waals surface area contributed by atoms with Crippen molar-refractivity contribution in [2.75, 3.05) is 5.32 Å². The Morgan fingerprint density at radius 1 is 1.07 bits per heavy atom. The third kappa shape index (κ3) is 3.77. The van der Waals surface area contributed by atoms with Crippen LogP contribution in [-0.2, 0) is 11.8 Å². The molecule has 0 aliphatic rings. The van der Waals surface area contributed by atoms with E-state index in [2.05, 4.69) is 15.4 Å². The van der Waals surface area contributed by atoms with Gasteiger partial charge in [0, 0.05) is 17.3 Å². The van der Waals surface area contributed by atoms with E-state index < -0.39 is 0 Å². The second kappa shape index (κ2) is 7.86. The van der Waals surface area contributed by atoms with Crippen LogP contribution in [0, 0.1) is 6.92 Å². The number of aryl methyl sites for hydroxylation is 2. The zero-order chi connectivity index (χ0) is 19.5. The average molecular weight is 388 g/mol. The van der Waals surface area contributed by atoms with E-state index >= 15 is 0 Å². The van der Waals surface area contributed by atoms with Crippen LogP contribution >= 0.6 is 11.8 Å². The van der Waals surface area contributed by atoms with Gasteiger partial charge in [-0.15, -0.1) is 11.8 Å². The summed E-state index contributed by atoms with van der Waals surface area (Å²) in [5.74, 6) is -0.0808. The van der Waals surface area contributed by atoms with Crippen molar-refractivity contribution in [3.05, 3.63) is 84.2 Å². The van der Waals surface area contributed by atoms with Gasteiger partial charge in [-0.05, 0) is 30.7 Å². The monoisotopic (exact) mass is 388 g/mol. The molecule has 0 fully saturated rings. The van der Waals surface area contributed by atoms with E-state index in [1.807, 2.05) is 80.7 Å². The predicted octanol–water partition coefficient (Wildman–Crippen LogP) is 4.75. The van der Waals surface area contributed by atoms with E-state index in [0.29, 0.717) is 5.69 Å². The van der Waals surface area contributed by atoms with Crippen molar-refractivity contribution in [3.63, 3.8) is 0 Å². The van der Waals surface area contributed by atoms with E-state index in [1.165, 1.54) is 11.8 Å². The standard InChI is InChI=1S/C22H20N4OS/c1-15-19-13-17(14-23-21(19)26(2)25-15)24-22(27)20(16-9-5-3-6-10-16)28-18-11-7-4-8-12-18/h3-14,20H,1-2H3,(H,24,27)/t20-/m0/s1. The molecule has 0 aliphatic heterocycles. The molecule has 0 bridgehead atoms. The van der Waals surface area contributed by atoms with E-state index in [-0.39, 0.29) is 11.2 Å². The van der Waals surface area contributed by atoms with Crippen LogP contribution in [0.2, 0.25) is 0 Å². The van der Waals surface area contributed by atoms with Gasteiger partial charge in [0.2, 0.25) is 5.91 Å². The number of nitrogens with one attached hydrogen (secondary N) is 1. The highest BCUT2D eigenvalue weighted by atomic mass is 32.2. The van der Waals surface area contributed by atoms with Crippen LogP contribution < -0.4 is 5.32 Å². The van der Waals surface area contributed by atoms with Crippen LogP contribution in [0.15, 0.2) is 77.8 Å². The highest BCUT2D eigenvalue weighted by Crippen LogP contribution is 2.36. The molecule has 0 aliphatic carbocycles. The Kier molecular flexibility index (Phi) is 5.12. The predicted molar refractivity (Wildman–Crippen MR) is 113 cm³/mol. The summed E-state index contributed by atoms with van der Waals surface area (Å²) in [6.45, 7) is 1.94. The molecule has 0 saturated carbocycles. The molecule has 0 spiro atoms. The highest BCUT2D eigenvalue weighted by Gasteiger charge is 2.22. The molecule has 4 rings (SSSR count). The SMILES string of the molecule is Cc1nn(C)c2ncc(NC(=O)[C@@H](Sc3ccccc3)c3ccccc3)cc12. The topological polar surface area (TPSA) is 59.8 Å². The summed E-state index contributed by atoms with van der Waals surface area (Å²) >= 11 is 1.53. The first-order valence-electron chi connectivity index (χ1n) is 8.98. The van der Waals surface area contributed by atoms with Crippen LogP contribution in [-0.4, -0.2) is 20.7 Å². The molecule has 2 heterocycles. The molecule has 140 valence electrons. The quantitative estimate of drug-likeness (QED) is 0.501. The van der Waals surface area contributed by atoms with Gasteiger partial charge in [0.1, 0.15) is 5.25 Å². The number of carbonyl (C=O) groups excluding carboxylic acids is 1. The zero-order valence-electron chi connectivity index (χ0n) is 15.7. The maximum atomic E-state index is 13.2. The van der Waals surface area contributed by atoms with Gasteiger partial charge in [-0.1, -0.05) is 48.5 Å². The average Bonchev–Trinajstić information content (AvgIpc) is 3.01. The van der Waals surface area contributed by atoms with Crippen LogP contribution in [0.5, 0.6) is 0 Å². The van der Waals surface area contributed by atoms with Crippen molar-refractivity contribution in [3.8, 4) is 0 Å². The van der Waals surface area contributed by atoms with Gasteiger partial charge in [-0.3, -0.25) is 9.48 Å². The maximum absolute atomic E-state index is 13.2. The number of fused-ring (bicyclic) bond motifs is 1. The molecule has 2 aromatic heterocycles. The van der Waals surface area contributed by atoms with Crippen LogP contribution in [0.3, 0.4) is 0 Å². The molecule has 5 nitrogen and oxygen atoms in total. The number of pyridine rings is 1. The van der Waals surface area contributed by atoms with E-state index in [4.69, 9.17) is 0 Å². The smallest absolute Gasteiger partial charge is 0.242 e. The minimum atomic E-state index is -0.366. The number of hydrogen-bond donors (Lipinski definition) is 1. The summed E-state index contributed by atoms with van der Waals surface area (Å²) in [5.41, 5.74) is 3.32. The lowest BCUT2D eigenvalue weighted by molar-refractivity contribution is -0.115. The number of hydrogen-bond acceptors (Lipinski definition) is 4. The minimum Gasteiger partial charge on any atom is -0.323 e. The van der Waals surface area contributed by atoms with Crippen LogP contribution in [0.4, 0.5) is 5.69 Å². The molecular formula is C22H20N4OS. The fourth-order valence-electron chi connectivity index (χ4n) is 3.12. The van der Waals surface area contributed by atoms with Gasteiger partial charge in [-0.25, -0.2) is 4.98 Å². The zero-order valence-corrected chi connectivity index (χ0v) is 16.5. The van der Waals surface area contributed by atoms with E-state index in [9.17, 15) is 4.79 Å².